The van der Waals surface area contributed by atoms with E-state index in [9.17, 15) is 4.39 Å². The van der Waals surface area contributed by atoms with Gasteiger partial charge < -0.3 is 5.32 Å². The second-order valence-corrected chi connectivity index (χ2v) is 4.85. The number of benzene rings is 2. The summed E-state index contributed by atoms with van der Waals surface area (Å²) in [6, 6.07) is 12.8. The maximum Gasteiger partial charge on any atom is 0.123 e. The second-order valence-electron chi connectivity index (χ2n) is 3.93. The molecular formula is C14H13BrFN. The Morgan fingerprint density at radius 3 is 2.71 bits per heavy atom. The molecule has 0 radical (unpaired) electrons. The molecule has 2 rings (SSSR count). The summed E-state index contributed by atoms with van der Waals surface area (Å²) in [4.78, 5) is 0. The van der Waals surface area contributed by atoms with Gasteiger partial charge in [0, 0.05) is 16.7 Å². The van der Waals surface area contributed by atoms with Gasteiger partial charge in [-0.1, -0.05) is 28.1 Å². The van der Waals surface area contributed by atoms with E-state index in [1.807, 2.05) is 37.3 Å². The molecule has 0 amide bonds. The molecule has 88 valence electrons. The Balaban J connectivity index is 2.07. The van der Waals surface area contributed by atoms with E-state index in [1.54, 1.807) is 6.07 Å². The first-order chi connectivity index (χ1) is 8.15. The molecule has 0 aliphatic carbocycles. The molecule has 2 aromatic rings. The minimum atomic E-state index is -0.186. The maximum absolute atomic E-state index is 12.9. The van der Waals surface area contributed by atoms with Gasteiger partial charge in [0.2, 0.25) is 0 Å². The van der Waals surface area contributed by atoms with Crippen molar-refractivity contribution in [2.24, 2.45) is 0 Å². The molecule has 2 aromatic carbocycles. The zero-order valence-corrected chi connectivity index (χ0v) is 11.1. The monoisotopic (exact) mass is 293 g/mol. The Morgan fingerprint density at radius 1 is 1.18 bits per heavy atom. The van der Waals surface area contributed by atoms with E-state index in [-0.39, 0.29) is 5.82 Å². The molecule has 17 heavy (non-hydrogen) atoms. The minimum absolute atomic E-state index is 0.186. The molecule has 0 fully saturated rings. The Kier molecular flexibility index (Phi) is 3.79. The highest BCUT2D eigenvalue weighted by atomic mass is 79.9. The van der Waals surface area contributed by atoms with Gasteiger partial charge >= 0.3 is 0 Å². The highest BCUT2D eigenvalue weighted by Gasteiger charge is 2.00. The summed E-state index contributed by atoms with van der Waals surface area (Å²) in [5.41, 5.74) is 3.11. The van der Waals surface area contributed by atoms with Crippen LogP contribution in [-0.2, 0) is 6.54 Å². The fourth-order valence-corrected chi connectivity index (χ4v) is 2.05. The van der Waals surface area contributed by atoms with Crippen molar-refractivity contribution in [2.45, 2.75) is 13.5 Å². The van der Waals surface area contributed by atoms with Crippen LogP contribution in [0.25, 0.3) is 0 Å². The Morgan fingerprint density at radius 2 is 2.00 bits per heavy atom. The average molecular weight is 294 g/mol. The first-order valence-corrected chi connectivity index (χ1v) is 6.19. The molecule has 0 aromatic heterocycles. The lowest BCUT2D eigenvalue weighted by Crippen LogP contribution is -2.01. The number of rotatable bonds is 3. The van der Waals surface area contributed by atoms with Crippen LogP contribution in [0.2, 0.25) is 0 Å². The summed E-state index contributed by atoms with van der Waals surface area (Å²) in [7, 11) is 0. The molecule has 0 aliphatic heterocycles. The van der Waals surface area contributed by atoms with E-state index in [2.05, 4.69) is 21.2 Å². The van der Waals surface area contributed by atoms with Crippen LogP contribution in [0.4, 0.5) is 10.1 Å². The van der Waals surface area contributed by atoms with Gasteiger partial charge in [-0.05, 0) is 48.4 Å². The van der Waals surface area contributed by atoms with E-state index in [1.165, 1.54) is 6.07 Å². The van der Waals surface area contributed by atoms with Crippen molar-refractivity contribution >= 4 is 21.6 Å². The lowest BCUT2D eigenvalue weighted by atomic mass is 10.1. The third-order valence-corrected chi connectivity index (χ3v) is 3.11. The molecule has 0 aliphatic rings. The number of aryl methyl sites for hydroxylation is 1. The van der Waals surface area contributed by atoms with Crippen molar-refractivity contribution in [1.82, 2.24) is 0 Å². The quantitative estimate of drug-likeness (QED) is 0.878. The van der Waals surface area contributed by atoms with Crippen LogP contribution in [0.5, 0.6) is 0 Å². The van der Waals surface area contributed by atoms with E-state index in [0.717, 1.165) is 21.3 Å². The molecule has 0 bridgehead atoms. The van der Waals surface area contributed by atoms with Gasteiger partial charge in [0.15, 0.2) is 0 Å². The summed E-state index contributed by atoms with van der Waals surface area (Å²) in [5, 5.41) is 3.31. The highest BCUT2D eigenvalue weighted by Crippen LogP contribution is 2.17. The van der Waals surface area contributed by atoms with Gasteiger partial charge in [-0.25, -0.2) is 4.39 Å². The molecule has 1 nitrogen and oxygen atoms in total. The van der Waals surface area contributed by atoms with Crippen molar-refractivity contribution in [3.63, 3.8) is 0 Å². The normalized spacial score (nSPS) is 10.3. The van der Waals surface area contributed by atoms with Crippen molar-refractivity contribution in [3.8, 4) is 0 Å². The van der Waals surface area contributed by atoms with E-state index in [4.69, 9.17) is 0 Å². The Bertz CT molecular complexity index is 525. The summed E-state index contributed by atoms with van der Waals surface area (Å²) in [6.45, 7) is 2.61. The van der Waals surface area contributed by atoms with Gasteiger partial charge in [-0.15, -0.1) is 0 Å². The molecule has 1 N–H and O–H groups in total. The van der Waals surface area contributed by atoms with Crippen LogP contribution >= 0.6 is 15.9 Å². The standard InChI is InChI=1S/C14H13BrFN/c1-10-7-13(16)6-5-11(10)9-17-14-4-2-3-12(15)8-14/h2-8,17H,9H2,1H3. The predicted octanol–water partition coefficient (Wildman–Crippen LogP) is 4.51. The van der Waals surface area contributed by atoms with Crippen molar-refractivity contribution < 1.29 is 4.39 Å². The van der Waals surface area contributed by atoms with Gasteiger partial charge in [0.1, 0.15) is 5.82 Å². The second kappa shape index (κ2) is 5.32. The maximum atomic E-state index is 12.9. The van der Waals surface area contributed by atoms with Crippen molar-refractivity contribution in [2.75, 3.05) is 5.32 Å². The topological polar surface area (TPSA) is 12.0 Å². The molecule has 0 unspecified atom stereocenters. The fourth-order valence-electron chi connectivity index (χ4n) is 1.65. The third kappa shape index (κ3) is 3.30. The van der Waals surface area contributed by atoms with Gasteiger partial charge in [0.25, 0.3) is 0 Å². The molecule has 3 heteroatoms. The van der Waals surface area contributed by atoms with E-state index in [0.29, 0.717) is 6.54 Å². The molecule has 0 heterocycles. The average Bonchev–Trinajstić information content (AvgIpc) is 2.28. The smallest absolute Gasteiger partial charge is 0.123 e. The van der Waals surface area contributed by atoms with Crippen molar-refractivity contribution in [1.29, 1.82) is 0 Å². The highest BCUT2D eigenvalue weighted by molar-refractivity contribution is 9.10. The van der Waals surface area contributed by atoms with E-state index >= 15 is 0 Å². The first kappa shape index (κ1) is 12.1. The molecule has 0 atom stereocenters. The third-order valence-electron chi connectivity index (χ3n) is 2.61. The number of halogens is 2. The Hall–Kier alpha value is -1.35. The minimum Gasteiger partial charge on any atom is -0.381 e. The number of hydrogen-bond donors (Lipinski definition) is 1. The van der Waals surface area contributed by atoms with Gasteiger partial charge in [-0.2, -0.15) is 0 Å². The molecule has 0 spiro atoms. The largest absolute Gasteiger partial charge is 0.381 e. The Labute approximate surface area is 109 Å². The lowest BCUT2D eigenvalue weighted by molar-refractivity contribution is 0.625. The summed E-state index contributed by atoms with van der Waals surface area (Å²) in [5.74, 6) is -0.186. The SMILES string of the molecule is Cc1cc(F)ccc1CNc1cccc(Br)c1. The number of anilines is 1. The van der Waals surface area contributed by atoms with Crippen LogP contribution in [0, 0.1) is 12.7 Å². The summed E-state index contributed by atoms with van der Waals surface area (Å²) in [6.07, 6.45) is 0. The van der Waals surface area contributed by atoms with Crippen LogP contribution in [0.15, 0.2) is 46.9 Å². The predicted molar refractivity (Wildman–Crippen MR) is 72.6 cm³/mol. The van der Waals surface area contributed by atoms with Crippen LogP contribution in [0.1, 0.15) is 11.1 Å². The molecular weight excluding hydrogens is 281 g/mol. The van der Waals surface area contributed by atoms with Gasteiger partial charge in [0.05, 0.1) is 0 Å². The lowest BCUT2D eigenvalue weighted by Gasteiger charge is -2.09. The summed E-state index contributed by atoms with van der Waals surface area (Å²) >= 11 is 3.42. The first-order valence-electron chi connectivity index (χ1n) is 5.39. The fraction of sp³-hybridized carbons (Fsp3) is 0.143. The van der Waals surface area contributed by atoms with Crippen molar-refractivity contribution in [3.05, 3.63) is 63.9 Å². The van der Waals surface area contributed by atoms with Crippen LogP contribution < -0.4 is 5.32 Å². The molecule has 0 saturated carbocycles. The van der Waals surface area contributed by atoms with Crippen LogP contribution in [0.3, 0.4) is 0 Å². The number of nitrogens with one attached hydrogen (secondary N) is 1. The zero-order valence-electron chi connectivity index (χ0n) is 9.50. The van der Waals surface area contributed by atoms with E-state index < -0.39 is 0 Å². The number of hydrogen-bond acceptors (Lipinski definition) is 1. The zero-order chi connectivity index (χ0) is 12.3. The van der Waals surface area contributed by atoms with Gasteiger partial charge in [-0.3, -0.25) is 0 Å². The summed E-state index contributed by atoms with van der Waals surface area (Å²) < 4.78 is 14.0. The van der Waals surface area contributed by atoms with Crippen LogP contribution in [-0.4, -0.2) is 0 Å². The molecule has 0 saturated heterocycles.